The number of nitrogens with one attached hydrogen (secondary N) is 1. The van der Waals surface area contributed by atoms with Gasteiger partial charge in [-0.05, 0) is 43.2 Å². The van der Waals surface area contributed by atoms with E-state index in [4.69, 9.17) is 0 Å². The first-order valence-corrected chi connectivity index (χ1v) is 8.92. The second-order valence-electron chi connectivity index (χ2n) is 6.24. The van der Waals surface area contributed by atoms with E-state index in [1.54, 1.807) is 10.9 Å². The summed E-state index contributed by atoms with van der Waals surface area (Å²) in [6.07, 6.45) is 1.70. The number of thiophene rings is 1. The Hall–Kier alpha value is -2.60. The number of amides is 1. The highest BCUT2D eigenvalue weighted by atomic mass is 32.1. The molecule has 0 aliphatic carbocycles. The maximum absolute atomic E-state index is 12.5. The van der Waals surface area contributed by atoms with E-state index in [1.807, 2.05) is 40.1 Å². The lowest BCUT2D eigenvalue weighted by molar-refractivity contribution is 0.102. The third kappa shape index (κ3) is 3.91. The molecule has 1 N–H and O–H groups in total. The molecule has 0 fully saturated rings. The van der Waals surface area contributed by atoms with Crippen LogP contribution >= 0.6 is 11.3 Å². The van der Waals surface area contributed by atoms with Crippen LogP contribution in [0.15, 0.2) is 42.6 Å². The summed E-state index contributed by atoms with van der Waals surface area (Å²) in [5.41, 5.74) is 3.43. The number of hydrogen-bond donors (Lipinski definition) is 1. The van der Waals surface area contributed by atoms with Crippen LogP contribution in [-0.2, 0) is 6.54 Å². The lowest BCUT2D eigenvalue weighted by atomic mass is 10.2. The van der Waals surface area contributed by atoms with Crippen LogP contribution in [0.25, 0.3) is 0 Å². The quantitative estimate of drug-likeness (QED) is 0.755. The Morgan fingerprint density at radius 1 is 1.20 bits per heavy atom. The molecule has 1 amide bonds. The molecule has 0 spiro atoms. The Morgan fingerprint density at radius 2 is 1.92 bits per heavy atom. The molecular weight excluding hydrogens is 332 g/mol. The monoisotopic (exact) mass is 354 g/mol. The fraction of sp³-hybridized carbons (Fsp3) is 0.263. The second-order valence-corrected chi connectivity index (χ2v) is 7.50. The van der Waals surface area contributed by atoms with Crippen LogP contribution in [0.2, 0.25) is 0 Å². The molecule has 0 aliphatic rings. The third-order valence-electron chi connectivity index (χ3n) is 4.13. The van der Waals surface area contributed by atoms with Gasteiger partial charge in [0.05, 0.1) is 17.6 Å². The molecule has 6 heteroatoms. The van der Waals surface area contributed by atoms with Gasteiger partial charge in [-0.25, -0.2) is 4.68 Å². The first-order chi connectivity index (χ1) is 11.9. The Morgan fingerprint density at radius 3 is 2.52 bits per heavy atom. The number of rotatable bonds is 5. The smallest absolute Gasteiger partial charge is 0.266 e. The van der Waals surface area contributed by atoms with E-state index >= 15 is 0 Å². The number of hydrogen-bond acceptors (Lipinski definition) is 4. The van der Waals surface area contributed by atoms with Crippen LogP contribution in [0.4, 0.5) is 11.5 Å². The standard InChI is InChI=1S/C19H22N4OS/c1-13-11-17(25-14(13)2)19(24)21-18-9-10-20-23(18)12-15-5-7-16(8-6-15)22(3)4/h5-11H,12H2,1-4H3,(H,21,24). The van der Waals surface area contributed by atoms with E-state index in [1.165, 1.54) is 16.2 Å². The molecule has 0 unspecified atom stereocenters. The maximum Gasteiger partial charge on any atom is 0.266 e. The van der Waals surface area contributed by atoms with E-state index in [9.17, 15) is 4.79 Å². The average Bonchev–Trinajstić information content (AvgIpc) is 3.15. The zero-order chi connectivity index (χ0) is 18.0. The Labute approximate surface area is 151 Å². The van der Waals surface area contributed by atoms with Gasteiger partial charge >= 0.3 is 0 Å². The molecule has 2 aromatic heterocycles. The number of anilines is 2. The molecule has 5 nitrogen and oxygen atoms in total. The summed E-state index contributed by atoms with van der Waals surface area (Å²) < 4.78 is 1.80. The van der Waals surface area contributed by atoms with Gasteiger partial charge in [0.25, 0.3) is 5.91 Å². The summed E-state index contributed by atoms with van der Waals surface area (Å²) in [6, 6.07) is 12.1. The maximum atomic E-state index is 12.5. The second kappa shape index (κ2) is 7.11. The van der Waals surface area contributed by atoms with Crippen LogP contribution in [-0.4, -0.2) is 29.8 Å². The minimum absolute atomic E-state index is 0.0918. The molecule has 0 bridgehead atoms. The fourth-order valence-electron chi connectivity index (χ4n) is 2.50. The highest BCUT2D eigenvalue weighted by molar-refractivity contribution is 7.14. The van der Waals surface area contributed by atoms with Gasteiger partial charge in [0.15, 0.2) is 0 Å². The fourth-order valence-corrected chi connectivity index (χ4v) is 3.43. The van der Waals surface area contributed by atoms with Crippen molar-refractivity contribution in [1.82, 2.24) is 9.78 Å². The van der Waals surface area contributed by atoms with Gasteiger partial charge in [-0.1, -0.05) is 12.1 Å². The van der Waals surface area contributed by atoms with Crippen LogP contribution in [0, 0.1) is 13.8 Å². The van der Waals surface area contributed by atoms with Gasteiger partial charge in [-0.3, -0.25) is 4.79 Å². The Balaban J connectivity index is 1.73. The molecule has 0 saturated heterocycles. The molecule has 0 radical (unpaired) electrons. The van der Waals surface area contributed by atoms with Crippen LogP contribution in [0.5, 0.6) is 0 Å². The minimum Gasteiger partial charge on any atom is -0.378 e. The van der Waals surface area contributed by atoms with Crippen molar-refractivity contribution in [3.05, 3.63) is 63.5 Å². The number of aryl methyl sites for hydroxylation is 2. The number of carbonyl (C=O) groups excluding carboxylic acids is 1. The van der Waals surface area contributed by atoms with Crippen molar-refractivity contribution in [2.45, 2.75) is 20.4 Å². The van der Waals surface area contributed by atoms with E-state index in [0.717, 1.165) is 21.7 Å². The number of carbonyl (C=O) groups is 1. The van der Waals surface area contributed by atoms with Gasteiger partial charge in [0, 0.05) is 30.7 Å². The highest BCUT2D eigenvalue weighted by Gasteiger charge is 2.13. The molecule has 3 rings (SSSR count). The highest BCUT2D eigenvalue weighted by Crippen LogP contribution is 2.22. The average molecular weight is 354 g/mol. The zero-order valence-corrected chi connectivity index (χ0v) is 15.7. The summed E-state index contributed by atoms with van der Waals surface area (Å²) in [6.45, 7) is 4.65. The largest absolute Gasteiger partial charge is 0.378 e. The molecule has 2 heterocycles. The van der Waals surface area contributed by atoms with E-state index in [2.05, 4.69) is 39.6 Å². The molecular formula is C19H22N4OS. The van der Waals surface area contributed by atoms with Crippen LogP contribution < -0.4 is 10.2 Å². The van der Waals surface area contributed by atoms with Crippen molar-refractivity contribution in [1.29, 1.82) is 0 Å². The van der Waals surface area contributed by atoms with Crippen LogP contribution in [0.1, 0.15) is 25.7 Å². The first kappa shape index (κ1) is 17.2. The van der Waals surface area contributed by atoms with Gasteiger partial charge < -0.3 is 10.2 Å². The van der Waals surface area contributed by atoms with Crippen molar-refractivity contribution in [3.8, 4) is 0 Å². The predicted molar refractivity (Wildman–Crippen MR) is 104 cm³/mol. The predicted octanol–water partition coefficient (Wildman–Crippen LogP) is 3.93. The summed E-state index contributed by atoms with van der Waals surface area (Å²) in [5, 5.41) is 7.29. The SMILES string of the molecule is Cc1cc(C(=O)Nc2ccnn2Cc2ccc(N(C)C)cc2)sc1C. The lowest BCUT2D eigenvalue weighted by Gasteiger charge is -2.13. The third-order valence-corrected chi connectivity index (χ3v) is 5.28. The van der Waals surface area contributed by atoms with Crippen molar-refractivity contribution in [3.63, 3.8) is 0 Å². The van der Waals surface area contributed by atoms with Gasteiger partial charge in [0.1, 0.15) is 5.82 Å². The van der Waals surface area contributed by atoms with Crippen molar-refractivity contribution < 1.29 is 4.79 Å². The Kier molecular flexibility index (Phi) is 4.90. The molecule has 0 aliphatic heterocycles. The number of benzene rings is 1. The molecule has 25 heavy (non-hydrogen) atoms. The van der Waals surface area contributed by atoms with Gasteiger partial charge in [0.2, 0.25) is 0 Å². The van der Waals surface area contributed by atoms with Gasteiger partial charge in [-0.2, -0.15) is 5.10 Å². The molecule has 1 aromatic carbocycles. The van der Waals surface area contributed by atoms with Gasteiger partial charge in [-0.15, -0.1) is 11.3 Å². The van der Waals surface area contributed by atoms with Crippen molar-refractivity contribution >= 4 is 28.7 Å². The number of aromatic nitrogens is 2. The summed E-state index contributed by atoms with van der Waals surface area (Å²) in [4.78, 5) is 16.4. The van der Waals surface area contributed by atoms with E-state index in [-0.39, 0.29) is 5.91 Å². The normalized spacial score (nSPS) is 10.7. The first-order valence-electron chi connectivity index (χ1n) is 8.10. The molecule has 0 saturated carbocycles. The topological polar surface area (TPSA) is 50.2 Å². The lowest BCUT2D eigenvalue weighted by Crippen LogP contribution is -2.15. The molecule has 3 aromatic rings. The van der Waals surface area contributed by atoms with Crippen molar-refractivity contribution in [2.24, 2.45) is 0 Å². The number of nitrogens with zero attached hydrogens (tertiary/aromatic N) is 3. The van der Waals surface area contributed by atoms with Crippen molar-refractivity contribution in [2.75, 3.05) is 24.3 Å². The summed E-state index contributed by atoms with van der Waals surface area (Å²) in [7, 11) is 4.04. The molecule has 0 atom stereocenters. The van der Waals surface area contributed by atoms with E-state index in [0.29, 0.717) is 12.4 Å². The minimum atomic E-state index is -0.0918. The molecule has 130 valence electrons. The van der Waals surface area contributed by atoms with Crippen LogP contribution in [0.3, 0.4) is 0 Å². The summed E-state index contributed by atoms with van der Waals surface area (Å²) in [5.74, 6) is 0.608. The van der Waals surface area contributed by atoms with E-state index < -0.39 is 0 Å². The summed E-state index contributed by atoms with van der Waals surface area (Å²) >= 11 is 1.51. The Bertz CT molecular complexity index is 858. The zero-order valence-electron chi connectivity index (χ0n) is 14.9.